The van der Waals surface area contributed by atoms with Crippen LogP contribution in [-0.2, 0) is 5.11 Å². The molecule has 0 aromatic rings. The molecule has 0 bridgehead atoms. The zero-order chi connectivity index (χ0) is 7.11. The quantitative estimate of drug-likeness (QED) is 0.408. The highest BCUT2D eigenvalue weighted by atomic mass is 16.3. The molecular formula is C8H15O. The first-order chi connectivity index (χ1) is 4.27. The minimum Gasteiger partial charge on any atom is -0.229 e. The maximum atomic E-state index is 10.4. The Morgan fingerprint density at radius 2 is 2.22 bits per heavy atom. The second kappa shape index (κ2) is 5.83. The van der Waals surface area contributed by atoms with Gasteiger partial charge in [0.1, 0.15) is 6.10 Å². The number of unbranched alkanes of at least 4 members (excludes halogenated alkanes) is 2. The van der Waals surface area contributed by atoms with E-state index in [4.69, 9.17) is 0 Å². The molecule has 1 radical (unpaired) electrons. The monoisotopic (exact) mass is 127 g/mol. The van der Waals surface area contributed by atoms with Gasteiger partial charge in [0.15, 0.2) is 0 Å². The minimum atomic E-state index is -0.526. The van der Waals surface area contributed by atoms with E-state index >= 15 is 0 Å². The van der Waals surface area contributed by atoms with Gasteiger partial charge in [-0.1, -0.05) is 31.9 Å². The maximum Gasteiger partial charge on any atom is 0.108 e. The van der Waals surface area contributed by atoms with Gasteiger partial charge < -0.3 is 0 Å². The first-order valence-corrected chi connectivity index (χ1v) is 3.60. The molecule has 0 aromatic carbocycles. The van der Waals surface area contributed by atoms with Crippen molar-refractivity contribution in [2.45, 2.75) is 39.2 Å². The van der Waals surface area contributed by atoms with E-state index in [1.54, 1.807) is 13.0 Å². The molecule has 1 unspecified atom stereocenters. The van der Waals surface area contributed by atoms with E-state index in [1.807, 2.05) is 6.08 Å². The number of allylic oxidation sites excluding steroid dienone is 1. The van der Waals surface area contributed by atoms with Crippen LogP contribution in [0.25, 0.3) is 0 Å². The van der Waals surface area contributed by atoms with Crippen LogP contribution >= 0.6 is 0 Å². The first-order valence-electron chi connectivity index (χ1n) is 3.60. The molecule has 0 heterocycles. The average Bonchev–Trinajstić information content (AvgIpc) is 1.80. The lowest BCUT2D eigenvalue weighted by atomic mass is 10.2. The zero-order valence-electron chi connectivity index (χ0n) is 6.26. The molecule has 0 aliphatic heterocycles. The predicted octanol–water partition coefficient (Wildman–Crippen LogP) is 2.55. The van der Waals surface area contributed by atoms with Crippen LogP contribution in [0.15, 0.2) is 12.2 Å². The molecule has 0 saturated heterocycles. The Morgan fingerprint density at radius 1 is 1.56 bits per heavy atom. The summed E-state index contributed by atoms with van der Waals surface area (Å²) in [6.45, 7) is 3.80. The lowest BCUT2D eigenvalue weighted by Gasteiger charge is -1.89. The van der Waals surface area contributed by atoms with Gasteiger partial charge in [-0.3, -0.25) is 0 Å². The van der Waals surface area contributed by atoms with Crippen LogP contribution in [0.2, 0.25) is 0 Å². The summed E-state index contributed by atoms with van der Waals surface area (Å²) in [5, 5.41) is 10.4. The van der Waals surface area contributed by atoms with Gasteiger partial charge in [0.25, 0.3) is 0 Å². The predicted molar refractivity (Wildman–Crippen MR) is 38.8 cm³/mol. The second-order valence-corrected chi connectivity index (χ2v) is 2.28. The molecule has 0 fully saturated rings. The van der Waals surface area contributed by atoms with Crippen LogP contribution < -0.4 is 0 Å². The Hall–Kier alpha value is -0.300. The summed E-state index contributed by atoms with van der Waals surface area (Å²) in [5.74, 6) is 0. The fourth-order valence-corrected chi connectivity index (χ4v) is 0.610. The standard InChI is InChI=1S/C8H15O/c1-3-4-5-6-7-8(2)9/h6-8H,3-5H2,1-2H3/b7-6+. The van der Waals surface area contributed by atoms with Gasteiger partial charge >= 0.3 is 0 Å². The Labute approximate surface area is 57.4 Å². The van der Waals surface area contributed by atoms with Crippen LogP contribution in [-0.4, -0.2) is 6.10 Å². The molecule has 0 aliphatic carbocycles. The highest BCUT2D eigenvalue weighted by Gasteiger charge is 1.85. The summed E-state index contributed by atoms with van der Waals surface area (Å²) in [5.41, 5.74) is 0. The number of rotatable bonds is 4. The largest absolute Gasteiger partial charge is 0.229 e. The van der Waals surface area contributed by atoms with Gasteiger partial charge in [-0.15, -0.1) is 0 Å². The number of hydrogen-bond donors (Lipinski definition) is 0. The van der Waals surface area contributed by atoms with Crippen molar-refractivity contribution in [3.8, 4) is 0 Å². The van der Waals surface area contributed by atoms with E-state index in [2.05, 4.69) is 6.92 Å². The van der Waals surface area contributed by atoms with Crippen LogP contribution in [0.1, 0.15) is 33.1 Å². The van der Waals surface area contributed by atoms with Gasteiger partial charge in [0.05, 0.1) is 0 Å². The van der Waals surface area contributed by atoms with Crippen LogP contribution in [0.3, 0.4) is 0 Å². The van der Waals surface area contributed by atoms with E-state index in [1.165, 1.54) is 12.8 Å². The average molecular weight is 127 g/mol. The Bertz CT molecular complexity index is 74.6. The molecule has 0 rings (SSSR count). The van der Waals surface area contributed by atoms with Gasteiger partial charge in [0, 0.05) is 0 Å². The van der Waals surface area contributed by atoms with E-state index in [0.29, 0.717) is 0 Å². The van der Waals surface area contributed by atoms with Crippen molar-refractivity contribution in [3.63, 3.8) is 0 Å². The third-order valence-electron chi connectivity index (χ3n) is 1.13. The summed E-state index contributed by atoms with van der Waals surface area (Å²) in [6, 6.07) is 0. The van der Waals surface area contributed by atoms with E-state index in [0.717, 1.165) is 6.42 Å². The molecule has 0 spiro atoms. The van der Waals surface area contributed by atoms with Gasteiger partial charge in [-0.05, 0) is 13.3 Å². The van der Waals surface area contributed by atoms with Crippen LogP contribution in [0.5, 0.6) is 0 Å². The third kappa shape index (κ3) is 7.70. The summed E-state index contributed by atoms with van der Waals surface area (Å²) in [7, 11) is 0. The molecule has 1 heteroatoms. The van der Waals surface area contributed by atoms with Crippen molar-refractivity contribution >= 4 is 0 Å². The molecule has 1 atom stereocenters. The van der Waals surface area contributed by atoms with Crippen molar-refractivity contribution in [3.05, 3.63) is 12.2 Å². The SMILES string of the molecule is CCCC/C=C/C(C)[O]. The molecule has 0 saturated carbocycles. The van der Waals surface area contributed by atoms with E-state index in [-0.39, 0.29) is 0 Å². The summed E-state index contributed by atoms with van der Waals surface area (Å²) >= 11 is 0. The summed E-state index contributed by atoms with van der Waals surface area (Å²) in [6.07, 6.45) is 6.63. The zero-order valence-corrected chi connectivity index (χ0v) is 6.26. The van der Waals surface area contributed by atoms with Crippen molar-refractivity contribution < 1.29 is 5.11 Å². The molecular weight excluding hydrogens is 112 g/mol. The van der Waals surface area contributed by atoms with Crippen molar-refractivity contribution in [2.75, 3.05) is 0 Å². The fraction of sp³-hybridized carbons (Fsp3) is 0.750. The van der Waals surface area contributed by atoms with E-state index < -0.39 is 6.10 Å². The molecule has 1 nitrogen and oxygen atoms in total. The molecule has 0 aliphatic rings. The maximum absolute atomic E-state index is 10.4. The molecule has 0 aromatic heterocycles. The van der Waals surface area contributed by atoms with Gasteiger partial charge in [-0.2, -0.15) is 0 Å². The summed E-state index contributed by atoms with van der Waals surface area (Å²) < 4.78 is 0. The first kappa shape index (κ1) is 8.70. The highest BCUT2D eigenvalue weighted by molar-refractivity contribution is 4.85. The topological polar surface area (TPSA) is 19.9 Å². The van der Waals surface area contributed by atoms with Crippen molar-refractivity contribution in [1.82, 2.24) is 0 Å². The molecule has 53 valence electrons. The number of hydrogen-bond acceptors (Lipinski definition) is 0. The Balaban J connectivity index is 3.04. The lowest BCUT2D eigenvalue weighted by molar-refractivity contribution is 0.146. The summed E-state index contributed by atoms with van der Waals surface area (Å²) in [4.78, 5) is 0. The van der Waals surface area contributed by atoms with Crippen LogP contribution in [0.4, 0.5) is 0 Å². The van der Waals surface area contributed by atoms with Crippen molar-refractivity contribution in [2.24, 2.45) is 0 Å². The molecule has 9 heavy (non-hydrogen) atoms. The fourth-order valence-electron chi connectivity index (χ4n) is 0.610. The van der Waals surface area contributed by atoms with Crippen LogP contribution in [0, 0.1) is 0 Å². The van der Waals surface area contributed by atoms with E-state index in [9.17, 15) is 5.11 Å². The lowest BCUT2D eigenvalue weighted by Crippen LogP contribution is -1.88. The van der Waals surface area contributed by atoms with Gasteiger partial charge in [-0.25, -0.2) is 5.11 Å². The van der Waals surface area contributed by atoms with Crippen molar-refractivity contribution in [1.29, 1.82) is 0 Å². The van der Waals surface area contributed by atoms with Gasteiger partial charge in [0.2, 0.25) is 0 Å². The minimum absolute atomic E-state index is 0.526. The second-order valence-electron chi connectivity index (χ2n) is 2.28. The smallest absolute Gasteiger partial charge is 0.108 e. The molecule has 0 amide bonds. The highest BCUT2D eigenvalue weighted by Crippen LogP contribution is 1.95. The normalized spacial score (nSPS) is 14.6. The third-order valence-corrected chi connectivity index (χ3v) is 1.13. The Morgan fingerprint density at radius 3 is 2.67 bits per heavy atom. The molecule has 0 N–H and O–H groups in total. The Kier molecular flexibility index (Phi) is 5.64.